The molecule has 1 aromatic heterocycles. The lowest BCUT2D eigenvalue weighted by atomic mass is 10.2. The SMILES string of the molecule is CCNc1ccc(C(=O)NCCc2ccsc2)cc1. The molecule has 0 saturated carbocycles. The quantitative estimate of drug-likeness (QED) is 0.849. The van der Waals surface area contributed by atoms with Crippen LogP contribution in [0.25, 0.3) is 0 Å². The van der Waals surface area contributed by atoms with E-state index in [1.807, 2.05) is 31.2 Å². The molecule has 0 aliphatic carbocycles. The van der Waals surface area contributed by atoms with Gasteiger partial charge in [-0.3, -0.25) is 4.79 Å². The van der Waals surface area contributed by atoms with Crippen LogP contribution in [-0.4, -0.2) is 19.0 Å². The first-order chi connectivity index (χ1) is 9.29. The van der Waals surface area contributed by atoms with Crippen LogP contribution >= 0.6 is 11.3 Å². The molecule has 0 atom stereocenters. The number of hydrogen-bond acceptors (Lipinski definition) is 3. The number of amides is 1. The number of carbonyl (C=O) groups is 1. The second-order valence-electron chi connectivity index (χ2n) is 4.25. The smallest absolute Gasteiger partial charge is 0.251 e. The molecule has 0 unspecified atom stereocenters. The summed E-state index contributed by atoms with van der Waals surface area (Å²) in [5.41, 5.74) is 3.01. The van der Waals surface area contributed by atoms with E-state index in [0.717, 1.165) is 18.7 Å². The summed E-state index contributed by atoms with van der Waals surface area (Å²) in [4.78, 5) is 11.9. The third-order valence-corrected chi connectivity index (χ3v) is 3.54. The van der Waals surface area contributed by atoms with Gasteiger partial charge in [-0.2, -0.15) is 11.3 Å². The molecule has 2 N–H and O–H groups in total. The topological polar surface area (TPSA) is 41.1 Å². The molecule has 19 heavy (non-hydrogen) atoms. The van der Waals surface area contributed by atoms with Crippen molar-refractivity contribution in [2.24, 2.45) is 0 Å². The molecule has 0 saturated heterocycles. The summed E-state index contributed by atoms with van der Waals surface area (Å²) in [5.74, 6) is -0.0155. The summed E-state index contributed by atoms with van der Waals surface area (Å²) < 4.78 is 0. The predicted octanol–water partition coefficient (Wildman–Crippen LogP) is 3.15. The van der Waals surface area contributed by atoms with E-state index in [4.69, 9.17) is 0 Å². The van der Waals surface area contributed by atoms with Crippen molar-refractivity contribution in [3.8, 4) is 0 Å². The van der Waals surface area contributed by atoms with E-state index in [1.165, 1.54) is 5.56 Å². The van der Waals surface area contributed by atoms with Crippen molar-refractivity contribution in [2.75, 3.05) is 18.4 Å². The van der Waals surface area contributed by atoms with Crippen LogP contribution in [0.4, 0.5) is 5.69 Å². The van der Waals surface area contributed by atoms with Crippen LogP contribution in [0, 0.1) is 0 Å². The molecule has 0 aliphatic rings. The van der Waals surface area contributed by atoms with E-state index >= 15 is 0 Å². The Labute approximate surface area is 117 Å². The Kier molecular flexibility index (Phi) is 4.98. The number of carbonyl (C=O) groups excluding carboxylic acids is 1. The van der Waals surface area contributed by atoms with E-state index in [1.54, 1.807) is 11.3 Å². The van der Waals surface area contributed by atoms with E-state index in [0.29, 0.717) is 12.1 Å². The van der Waals surface area contributed by atoms with Crippen molar-refractivity contribution in [3.63, 3.8) is 0 Å². The van der Waals surface area contributed by atoms with Crippen LogP contribution in [0.1, 0.15) is 22.8 Å². The highest BCUT2D eigenvalue weighted by Crippen LogP contribution is 2.09. The molecule has 0 radical (unpaired) electrons. The molecule has 0 aliphatic heterocycles. The minimum atomic E-state index is -0.0155. The first-order valence-corrected chi connectivity index (χ1v) is 7.37. The van der Waals surface area contributed by atoms with Gasteiger partial charge < -0.3 is 10.6 Å². The second kappa shape index (κ2) is 6.95. The predicted molar refractivity (Wildman–Crippen MR) is 81.0 cm³/mol. The van der Waals surface area contributed by atoms with Crippen molar-refractivity contribution in [1.29, 1.82) is 0 Å². The number of nitrogens with one attached hydrogen (secondary N) is 2. The van der Waals surface area contributed by atoms with Gasteiger partial charge in [-0.25, -0.2) is 0 Å². The summed E-state index contributed by atoms with van der Waals surface area (Å²) in [6.45, 7) is 3.60. The fourth-order valence-corrected chi connectivity index (χ4v) is 2.50. The second-order valence-corrected chi connectivity index (χ2v) is 5.03. The Morgan fingerprint density at radius 2 is 2.00 bits per heavy atom. The lowest BCUT2D eigenvalue weighted by Crippen LogP contribution is -2.25. The van der Waals surface area contributed by atoms with Crippen molar-refractivity contribution in [3.05, 3.63) is 52.2 Å². The minimum absolute atomic E-state index is 0.0155. The van der Waals surface area contributed by atoms with Crippen molar-refractivity contribution in [1.82, 2.24) is 5.32 Å². The Hall–Kier alpha value is -1.81. The van der Waals surface area contributed by atoms with Crippen LogP contribution in [0.2, 0.25) is 0 Å². The van der Waals surface area contributed by atoms with Crippen LogP contribution in [0.5, 0.6) is 0 Å². The van der Waals surface area contributed by atoms with Gasteiger partial charge in [0, 0.05) is 24.3 Å². The molecular formula is C15H18N2OS. The first-order valence-electron chi connectivity index (χ1n) is 6.43. The minimum Gasteiger partial charge on any atom is -0.385 e. The molecule has 2 aromatic rings. The molecule has 2 rings (SSSR count). The van der Waals surface area contributed by atoms with Gasteiger partial charge in [-0.1, -0.05) is 0 Å². The van der Waals surface area contributed by atoms with Gasteiger partial charge in [0.15, 0.2) is 0 Å². The van der Waals surface area contributed by atoms with Crippen molar-refractivity contribution >= 4 is 22.9 Å². The van der Waals surface area contributed by atoms with Crippen LogP contribution < -0.4 is 10.6 Å². The van der Waals surface area contributed by atoms with E-state index in [2.05, 4.69) is 27.5 Å². The summed E-state index contributed by atoms with van der Waals surface area (Å²) in [6.07, 6.45) is 0.880. The van der Waals surface area contributed by atoms with Gasteiger partial charge in [0.05, 0.1) is 0 Å². The molecule has 4 heteroatoms. The zero-order valence-electron chi connectivity index (χ0n) is 11.0. The maximum atomic E-state index is 11.9. The highest BCUT2D eigenvalue weighted by Gasteiger charge is 2.04. The Bertz CT molecular complexity index is 505. The fraction of sp³-hybridized carbons (Fsp3) is 0.267. The van der Waals surface area contributed by atoms with Crippen LogP contribution in [0.3, 0.4) is 0 Å². The zero-order valence-corrected chi connectivity index (χ0v) is 11.8. The van der Waals surface area contributed by atoms with E-state index < -0.39 is 0 Å². The molecular weight excluding hydrogens is 256 g/mol. The normalized spacial score (nSPS) is 10.2. The third-order valence-electron chi connectivity index (χ3n) is 2.81. The molecule has 0 bridgehead atoms. The standard InChI is InChI=1S/C15H18N2OS/c1-2-16-14-5-3-13(4-6-14)15(18)17-9-7-12-8-10-19-11-12/h3-6,8,10-11,16H,2,7,9H2,1H3,(H,17,18). The van der Waals surface area contributed by atoms with E-state index in [9.17, 15) is 4.79 Å². The van der Waals surface area contributed by atoms with Crippen LogP contribution in [0.15, 0.2) is 41.1 Å². The number of hydrogen-bond donors (Lipinski definition) is 2. The molecule has 100 valence electrons. The van der Waals surface area contributed by atoms with Crippen molar-refractivity contribution < 1.29 is 4.79 Å². The number of rotatable bonds is 6. The Morgan fingerprint density at radius 3 is 2.63 bits per heavy atom. The van der Waals surface area contributed by atoms with Gasteiger partial charge in [0.25, 0.3) is 5.91 Å². The number of thiophene rings is 1. The highest BCUT2D eigenvalue weighted by atomic mass is 32.1. The highest BCUT2D eigenvalue weighted by molar-refractivity contribution is 7.07. The van der Waals surface area contributed by atoms with Gasteiger partial charge >= 0.3 is 0 Å². The molecule has 1 amide bonds. The molecule has 0 fully saturated rings. The summed E-state index contributed by atoms with van der Waals surface area (Å²) in [5, 5.41) is 10.3. The van der Waals surface area contributed by atoms with Crippen molar-refractivity contribution in [2.45, 2.75) is 13.3 Å². The average molecular weight is 274 g/mol. The summed E-state index contributed by atoms with van der Waals surface area (Å²) in [6, 6.07) is 9.63. The first kappa shape index (κ1) is 13.6. The summed E-state index contributed by atoms with van der Waals surface area (Å²) >= 11 is 1.68. The zero-order chi connectivity index (χ0) is 13.5. The Morgan fingerprint density at radius 1 is 1.21 bits per heavy atom. The third kappa shape index (κ3) is 4.10. The Balaban J connectivity index is 1.82. The lowest BCUT2D eigenvalue weighted by Gasteiger charge is -2.06. The maximum Gasteiger partial charge on any atom is 0.251 e. The molecule has 1 aromatic carbocycles. The van der Waals surface area contributed by atoms with Crippen LogP contribution in [-0.2, 0) is 6.42 Å². The lowest BCUT2D eigenvalue weighted by molar-refractivity contribution is 0.0954. The maximum absolute atomic E-state index is 11.9. The van der Waals surface area contributed by atoms with Gasteiger partial charge in [-0.15, -0.1) is 0 Å². The molecule has 3 nitrogen and oxygen atoms in total. The van der Waals surface area contributed by atoms with Gasteiger partial charge in [0.2, 0.25) is 0 Å². The largest absolute Gasteiger partial charge is 0.385 e. The number of benzene rings is 1. The molecule has 0 spiro atoms. The van der Waals surface area contributed by atoms with Gasteiger partial charge in [0.1, 0.15) is 0 Å². The molecule has 1 heterocycles. The van der Waals surface area contributed by atoms with Gasteiger partial charge in [-0.05, 0) is 60.0 Å². The average Bonchev–Trinajstić information content (AvgIpc) is 2.93. The fourth-order valence-electron chi connectivity index (χ4n) is 1.80. The monoisotopic (exact) mass is 274 g/mol. The summed E-state index contributed by atoms with van der Waals surface area (Å²) in [7, 11) is 0. The number of anilines is 1. The van der Waals surface area contributed by atoms with E-state index in [-0.39, 0.29) is 5.91 Å².